The molecule has 0 aromatic rings. The Kier molecular flexibility index (Phi) is 11.3. The molecule has 7 nitrogen and oxygen atoms in total. The van der Waals surface area contributed by atoms with Gasteiger partial charge in [0.25, 0.3) is 0 Å². The summed E-state index contributed by atoms with van der Waals surface area (Å²) in [6, 6.07) is 0. The highest BCUT2D eigenvalue weighted by molar-refractivity contribution is 6.74. The molecule has 0 aromatic carbocycles. The zero-order valence-electron chi connectivity index (χ0n) is 23.6. The van der Waals surface area contributed by atoms with Crippen molar-refractivity contribution >= 4 is 16.6 Å². The van der Waals surface area contributed by atoms with Crippen LogP contribution in [0.5, 0.6) is 0 Å². The maximum Gasteiger partial charge on any atom is 0.192 e. The lowest BCUT2D eigenvalue weighted by atomic mass is 10.1. The monoisotopic (exact) mass is 508 g/mol. The van der Waals surface area contributed by atoms with Gasteiger partial charge in [0.1, 0.15) is 19.0 Å². The van der Waals surface area contributed by atoms with Gasteiger partial charge in [-0.25, -0.2) is 0 Å². The summed E-state index contributed by atoms with van der Waals surface area (Å²) in [4.78, 5) is 0. The van der Waals surface area contributed by atoms with E-state index in [-0.39, 0.29) is 35.2 Å². The van der Waals surface area contributed by atoms with Crippen LogP contribution in [0, 0.1) is 0 Å². The Morgan fingerprint density at radius 1 is 0.879 bits per heavy atom. The predicted octanol–water partition coefficient (Wildman–Crippen LogP) is 5.56. The molecule has 0 bridgehead atoms. The van der Waals surface area contributed by atoms with E-state index in [0.29, 0.717) is 26.4 Å². The molecular formula is C24H52O7Si2. The Balaban J connectivity index is 3.20. The summed E-state index contributed by atoms with van der Waals surface area (Å²) in [5, 5.41) is 0.0971. The summed E-state index contributed by atoms with van der Waals surface area (Å²) in [5.74, 6) is -0.647. The summed E-state index contributed by atoms with van der Waals surface area (Å²) in [6.07, 6.45) is -0.837. The van der Waals surface area contributed by atoms with Gasteiger partial charge >= 0.3 is 0 Å². The molecule has 0 aliphatic carbocycles. The first-order chi connectivity index (χ1) is 14.8. The number of ether oxygens (including phenoxy) is 5. The lowest BCUT2D eigenvalue weighted by Crippen LogP contribution is -2.57. The molecule has 0 saturated carbocycles. The van der Waals surface area contributed by atoms with E-state index in [9.17, 15) is 0 Å². The Morgan fingerprint density at radius 2 is 1.42 bits per heavy atom. The van der Waals surface area contributed by atoms with E-state index >= 15 is 0 Å². The van der Waals surface area contributed by atoms with Gasteiger partial charge in [-0.15, -0.1) is 0 Å². The largest absolute Gasteiger partial charge is 0.409 e. The van der Waals surface area contributed by atoms with E-state index < -0.39 is 22.4 Å². The molecule has 33 heavy (non-hydrogen) atoms. The van der Waals surface area contributed by atoms with Crippen LogP contribution in [0.2, 0.25) is 36.3 Å². The second-order valence-electron chi connectivity index (χ2n) is 12.5. The number of rotatable bonds is 13. The average Bonchev–Trinajstić information content (AvgIpc) is 2.99. The maximum absolute atomic E-state index is 6.99. The molecule has 0 N–H and O–H groups in total. The minimum Gasteiger partial charge on any atom is -0.409 e. The minimum absolute atomic E-state index is 0.0475. The molecule has 198 valence electrons. The fourth-order valence-corrected chi connectivity index (χ4v) is 5.61. The van der Waals surface area contributed by atoms with Crippen LogP contribution in [0.1, 0.15) is 55.4 Å². The first kappa shape index (κ1) is 31.2. The van der Waals surface area contributed by atoms with E-state index in [0.717, 1.165) is 0 Å². The van der Waals surface area contributed by atoms with Gasteiger partial charge in [-0.05, 0) is 50.1 Å². The number of hydrogen-bond acceptors (Lipinski definition) is 7. The third kappa shape index (κ3) is 9.61. The van der Waals surface area contributed by atoms with Crippen molar-refractivity contribution in [1.82, 2.24) is 0 Å². The van der Waals surface area contributed by atoms with Crippen molar-refractivity contribution in [2.45, 2.75) is 116 Å². The van der Waals surface area contributed by atoms with Gasteiger partial charge in [-0.1, -0.05) is 41.5 Å². The van der Waals surface area contributed by atoms with Crippen LogP contribution >= 0.6 is 0 Å². The second kappa shape index (κ2) is 11.9. The lowest BCUT2D eigenvalue weighted by molar-refractivity contribution is -0.164. The summed E-state index contributed by atoms with van der Waals surface area (Å²) in [5.41, 5.74) is 0. The summed E-state index contributed by atoms with van der Waals surface area (Å²) >= 11 is 0. The van der Waals surface area contributed by atoms with Crippen LogP contribution in [0.15, 0.2) is 0 Å². The molecule has 1 fully saturated rings. The van der Waals surface area contributed by atoms with Gasteiger partial charge in [0.15, 0.2) is 22.4 Å². The highest BCUT2D eigenvalue weighted by Gasteiger charge is 2.49. The molecule has 0 aromatic heterocycles. The van der Waals surface area contributed by atoms with Gasteiger partial charge in [-0.3, -0.25) is 0 Å². The Labute approximate surface area is 205 Å². The number of methoxy groups -OCH3 is 1. The standard InChI is InChI=1S/C24H52O7Si2/c1-22(2,3)32(10,11)30-20(16-27-18-26-15-14-25-9)21(19-17-28-24(7,8)29-19)31-33(12,13)23(4,5)6/h19-21H,14-18H2,1-13H3/t19-,20+,21+/m1/s1. The normalized spacial score (nSPS) is 21.9. The van der Waals surface area contributed by atoms with Crippen molar-refractivity contribution in [3.8, 4) is 0 Å². The molecule has 0 amide bonds. The molecule has 1 heterocycles. The Hall–Kier alpha value is 0.154. The zero-order valence-corrected chi connectivity index (χ0v) is 25.6. The van der Waals surface area contributed by atoms with Crippen molar-refractivity contribution in [2.75, 3.05) is 40.3 Å². The van der Waals surface area contributed by atoms with Gasteiger partial charge in [0, 0.05) is 7.11 Å². The van der Waals surface area contributed by atoms with E-state index in [4.69, 9.17) is 32.5 Å². The van der Waals surface area contributed by atoms with E-state index in [1.54, 1.807) is 7.11 Å². The third-order valence-electron chi connectivity index (χ3n) is 7.13. The van der Waals surface area contributed by atoms with Crippen molar-refractivity contribution in [3.05, 3.63) is 0 Å². The van der Waals surface area contributed by atoms with Crippen molar-refractivity contribution in [2.24, 2.45) is 0 Å². The van der Waals surface area contributed by atoms with Gasteiger partial charge in [0.05, 0.1) is 32.5 Å². The van der Waals surface area contributed by atoms with E-state index in [2.05, 4.69) is 67.7 Å². The fourth-order valence-electron chi connectivity index (χ4n) is 2.96. The van der Waals surface area contributed by atoms with Gasteiger partial charge in [-0.2, -0.15) is 0 Å². The zero-order chi connectivity index (χ0) is 25.7. The SMILES string of the molecule is COCCOCOC[C@H](O[Si](C)(C)C(C)(C)C)[C@@H](O[Si](C)(C)C(C)(C)C)[C@H]1COC(C)(C)O1. The van der Waals surface area contributed by atoms with Crippen LogP contribution in [0.25, 0.3) is 0 Å². The van der Waals surface area contributed by atoms with Crippen LogP contribution in [0.4, 0.5) is 0 Å². The van der Waals surface area contributed by atoms with Crippen LogP contribution in [-0.2, 0) is 32.5 Å². The van der Waals surface area contributed by atoms with E-state index in [1.165, 1.54) is 0 Å². The van der Waals surface area contributed by atoms with Crippen LogP contribution < -0.4 is 0 Å². The Bertz CT molecular complexity index is 582. The average molecular weight is 509 g/mol. The lowest BCUT2D eigenvalue weighted by Gasteiger charge is -2.46. The van der Waals surface area contributed by atoms with E-state index in [1.807, 2.05) is 13.8 Å². The number of hydrogen-bond donors (Lipinski definition) is 0. The molecule has 3 atom stereocenters. The topological polar surface area (TPSA) is 64.6 Å². The van der Waals surface area contributed by atoms with Crippen molar-refractivity contribution in [3.63, 3.8) is 0 Å². The molecule has 0 spiro atoms. The molecular weight excluding hydrogens is 456 g/mol. The Morgan fingerprint density at radius 3 is 1.88 bits per heavy atom. The molecule has 0 radical (unpaired) electrons. The van der Waals surface area contributed by atoms with Crippen molar-refractivity contribution in [1.29, 1.82) is 0 Å². The molecule has 9 heteroatoms. The fraction of sp³-hybridized carbons (Fsp3) is 1.00. The van der Waals surface area contributed by atoms with Crippen molar-refractivity contribution < 1.29 is 32.5 Å². The molecule has 1 saturated heterocycles. The summed E-state index contributed by atoms with van der Waals surface area (Å²) < 4.78 is 42.7. The summed E-state index contributed by atoms with van der Waals surface area (Å²) in [7, 11) is -2.60. The third-order valence-corrected chi connectivity index (χ3v) is 16.1. The first-order valence-corrected chi connectivity index (χ1v) is 18.0. The summed E-state index contributed by atoms with van der Waals surface area (Å²) in [6.45, 7) is 28.4. The highest BCUT2D eigenvalue weighted by atomic mass is 28.4. The van der Waals surface area contributed by atoms with Crippen LogP contribution in [0.3, 0.4) is 0 Å². The molecule has 1 rings (SSSR count). The maximum atomic E-state index is 6.99. The minimum atomic E-state index is -2.13. The first-order valence-electron chi connectivity index (χ1n) is 12.1. The highest BCUT2D eigenvalue weighted by Crippen LogP contribution is 2.42. The molecule has 1 aliphatic heterocycles. The van der Waals surface area contributed by atoms with Crippen LogP contribution in [-0.4, -0.2) is 81.1 Å². The second-order valence-corrected chi connectivity index (χ2v) is 22.0. The smallest absolute Gasteiger partial charge is 0.192 e. The molecule has 1 aliphatic rings. The van der Waals surface area contributed by atoms with Gasteiger partial charge in [0.2, 0.25) is 0 Å². The quantitative estimate of drug-likeness (QED) is 0.183. The molecule has 0 unspecified atom stereocenters. The predicted molar refractivity (Wildman–Crippen MR) is 138 cm³/mol. The van der Waals surface area contributed by atoms with Gasteiger partial charge < -0.3 is 32.5 Å².